The van der Waals surface area contributed by atoms with E-state index in [1.165, 1.54) is 45.3 Å². The lowest BCUT2D eigenvalue weighted by molar-refractivity contribution is -0.167. The Bertz CT molecular complexity index is 374. The topological polar surface area (TPSA) is 42.0 Å². The van der Waals surface area contributed by atoms with E-state index in [2.05, 4.69) is 11.8 Å². The maximum atomic E-state index is 11.7. The Kier molecular flexibility index (Phi) is 6.32. The summed E-state index contributed by atoms with van der Waals surface area (Å²) in [4.78, 5) is 19.7. The second-order valence-electron chi connectivity index (χ2n) is 8.18. The minimum atomic E-state index is -0.581. The lowest BCUT2D eigenvalue weighted by Gasteiger charge is -2.46. The van der Waals surface area contributed by atoms with Gasteiger partial charge in [-0.3, -0.25) is 0 Å². The summed E-state index contributed by atoms with van der Waals surface area (Å²) < 4.78 is 5.22. The highest BCUT2D eigenvalue weighted by Gasteiger charge is 2.38. The van der Waals surface area contributed by atoms with Crippen LogP contribution in [0.15, 0.2) is 0 Å². The van der Waals surface area contributed by atoms with Crippen LogP contribution in [-0.4, -0.2) is 54.4 Å². The molecule has 0 unspecified atom stereocenters. The molecule has 1 spiro atoms. The molecule has 0 saturated carbocycles. The molecule has 2 heterocycles. The number of carbonyl (C=O) groups is 1. The lowest BCUT2D eigenvalue weighted by atomic mass is 9.71. The van der Waals surface area contributed by atoms with Gasteiger partial charge in [0.1, 0.15) is 5.60 Å². The van der Waals surface area contributed by atoms with E-state index in [4.69, 9.17) is 9.57 Å². The van der Waals surface area contributed by atoms with E-state index in [1.807, 2.05) is 20.8 Å². The summed E-state index contributed by atoms with van der Waals surface area (Å²) >= 11 is 0. The standard InChI is InChI=1S/C18H34N2O3/c1-5-6-11-19-12-7-18(8-13-19)9-14-20(15-10-18)23-16(21)22-17(2,3)4/h5-15H2,1-4H3. The van der Waals surface area contributed by atoms with Gasteiger partial charge in [-0.05, 0) is 77.9 Å². The van der Waals surface area contributed by atoms with Crippen molar-refractivity contribution in [1.29, 1.82) is 0 Å². The molecule has 2 rings (SSSR count). The summed E-state index contributed by atoms with van der Waals surface area (Å²) in [6, 6.07) is 0. The van der Waals surface area contributed by atoms with E-state index in [9.17, 15) is 4.79 Å². The molecule has 23 heavy (non-hydrogen) atoms. The van der Waals surface area contributed by atoms with Gasteiger partial charge < -0.3 is 14.5 Å². The molecule has 134 valence electrons. The SMILES string of the molecule is CCCCN1CCC2(CC1)CCN(OC(=O)OC(C)(C)C)CC2. The molecule has 0 bridgehead atoms. The predicted octanol–water partition coefficient (Wildman–Crippen LogP) is 3.83. The molecular weight excluding hydrogens is 292 g/mol. The molecule has 0 N–H and O–H groups in total. The van der Waals surface area contributed by atoms with Crippen LogP contribution >= 0.6 is 0 Å². The monoisotopic (exact) mass is 326 g/mol. The lowest BCUT2D eigenvalue weighted by Crippen LogP contribution is -2.47. The van der Waals surface area contributed by atoms with E-state index >= 15 is 0 Å². The molecule has 2 aliphatic rings. The van der Waals surface area contributed by atoms with E-state index in [0.29, 0.717) is 5.41 Å². The van der Waals surface area contributed by atoms with Crippen LogP contribution in [0.1, 0.15) is 66.2 Å². The molecule has 0 aromatic rings. The molecule has 5 nitrogen and oxygen atoms in total. The van der Waals surface area contributed by atoms with E-state index in [1.54, 1.807) is 5.06 Å². The first-order chi connectivity index (χ1) is 10.8. The van der Waals surface area contributed by atoms with E-state index < -0.39 is 11.8 Å². The van der Waals surface area contributed by atoms with Crippen LogP contribution in [0.3, 0.4) is 0 Å². The van der Waals surface area contributed by atoms with Crippen molar-refractivity contribution >= 4 is 6.16 Å². The largest absolute Gasteiger partial charge is 0.528 e. The van der Waals surface area contributed by atoms with Crippen LogP contribution < -0.4 is 0 Å². The van der Waals surface area contributed by atoms with Crippen molar-refractivity contribution in [2.24, 2.45) is 5.41 Å². The quantitative estimate of drug-likeness (QED) is 0.735. The molecule has 5 heteroatoms. The summed E-state index contributed by atoms with van der Waals surface area (Å²) in [5.41, 5.74) is -0.0318. The number of hydroxylamine groups is 2. The first-order valence-electron chi connectivity index (χ1n) is 9.20. The van der Waals surface area contributed by atoms with Gasteiger partial charge in [-0.15, -0.1) is 5.06 Å². The fourth-order valence-corrected chi connectivity index (χ4v) is 3.56. The maximum Gasteiger partial charge on any atom is 0.528 e. The van der Waals surface area contributed by atoms with Crippen LogP contribution in [0.25, 0.3) is 0 Å². The Labute approximate surface area is 141 Å². The zero-order valence-electron chi connectivity index (χ0n) is 15.4. The van der Waals surface area contributed by atoms with Gasteiger partial charge >= 0.3 is 6.16 Å². The van der Waals surface area contributed by atoms with Crippen molar-refractivity contribution in [2.75, 3.05) is 32.7 Å². The smallest absolute Gasteiger partial charge is 0.427 e. The molecule has 2 saturated heterocycles. The normalized spacial score (nSPS) is 23.0. The third kappa shape index (κ3) is 5.96. The van der Waals surface area contributed by atoms with Crippen molar-refractivity contribution in [3.05, 3.63) is 0 Å². The van der Waals surface area contributed by atoms with Gasteiger partial charge in [0.25, 0.3) is 0 Å². The second-order valence-corrected chi connectivity index (χ2v) is 8.18. The summed E-state index contributed by atoms with van der Waals surface area (Å²) in [7, 11) is 0. The third-order valence-electron chi connectivity index (χ3n) is 5.12. The minimum Gasteiger partial charge on any atom is -0.427 e. The second kappa shape index (κ2) is 7.84. The molecule has 0 atom stereocenters. The summed E-state index contributed by atoms with van der Waals surface area (Å²) in [5.74, 6) is 0. The molecular formula is C18H34N2O3. The highest BCUT2D eigenvalue weighted by atomic mass is 16.8. The molecule has 0 amide bonds. The molecule has 2 aliphatic heterocycles. The number of hydrogen-bond acceptors (Lipinski definition) is 5. The van der Waals surface area contributed by atoms with Crippen molar-refractivity contribution in [2.45, 2.75) is 71.8 Å². The summed E-state index contributed by atoms with van der Waals surface area (Å²) in [6.07, 6.45) is 6.83. The highest BCUT2D eigenvalue weighted by Crippen LogP contribution is 2.41. The Hall–Kier alpha value is -0.810. The molecule has 0 radical (unpaired) electrons. The number of likely N-dealkylation sites (tertiary alicyclic amines) is 1. The van der Waals surface area contributed by atoms with Crippen LogP contribution in [0.4, 0.5) is 4.79 Å². The van der Waals surface area contributed by atoms with Crippen molar-refractivity contribution in [3.8, 4) is 0 Å². The highest BCUT2D eigenvalue weighted by molar-refractivity contribution is 5.60. The Morgan fingerprint density at radius 1 is 1.04 bits per heavy atom. The van der Waals surface area contributed by atoms with Crippen molar-refractivity contribution in [3.63, 3.8) is 0 Å². The average Bonchev–Trinajstić information content (AvgIpc) is 2.47. The fraction of sp³-hybridized carbons (Fsp3) is 0.944. The molecule has 0 aromatic heterocycles. The van der Waals surface area contributed by atoms with Gasteiger partial charge in [0, 0.05) is 13.1 Å². The Morgan fingerprint density at radius 3 is 2.13 bits per heavy atom. The van der Waals surface area contributed by atoms with Crippen molar-refractivity contribution in [1.82, 2.24) is 9.96 Å². The van der Waals surface area contributed by atoms with Crippen molar-refractivity contribution < 1.29 is 14.4 Å². The number of carbonyl (C=O) groups excluding carboxylic acids is 1. The molecule has 2 fully saturated rings. The van der Waals surface area contributed by atoms with Gasteiger partial charge in [0.15, 0.2) is 0 Å². The third-order valence-corrected chi connectivity index (χ3v) is 5.12. The summed E-state index contributed by atoms with van der Waals surface area (Å²) in [6.45, 7) is 13.2. The van der Waals surface area contributed by atoms with Crippen LogP contribution in [0.5, 0.6) is 0 Å². The first-order valence-corrected chi connectivity index (χ1v) is 9.20. The van der Waals surface area contributed by atoms with Crippen LogP contribution in [-0.2, 0) is 9.57 Å². The zero-order valence-corrected chi connectivity index (χ0v) is 15.4. The van der Waals surface area contributed by atoms with Gasteiger partial charge in [0.05, 0.1) is 0 Å². The number of rotatable bonds is 4. The summed E-state index contributed by atoms with van der Waals surface area (Å²) in [5, 5.41) is 1.78. The fourth-order valence-electron chi connectivity index (χ4n) is 3.56. The predicted molar refractivity (Wildman–Crippen MR) is 91.1 cm³/mol. The Balaban J connectivity index is 1.71. The zero-order chi connectivity index (χ0) is 16.9. The van der Waals surface area contributed by atoms with Gasteiger partial charge in [-0.2, -0.15) is 0 Å². The average molecular weight is 326 g/mol. The number of hydrogen-bond donors (Lipinski definition) is 0. The number of unbranched alkanes of at least 4 members (excludes halogenated alkanes) is 1. The molecule has 0 aromatic carbocycles. The van der Waals surface area contributed by atoms with E-state index in [0.717, 1.165) is 25.9 Å². The van der Waals surface area contributed by atoms with Crippen LogP contribution in [0.2, 0.25) is 0 Å². The Morgan fingerprint density at radius 2 is 1.61 bits per heavy atom. The van der Waals surface area contributed by atoms with Gasteiger partial charge in [-0.1, -0.05) is 13.3 Å². The number of piperidine rings is 2. The number of nitrogens with zero attached hydrogens (tertiary/aromatic N) is 2. The van der Waals surface area contributed by atoms with E-state index in [-0.39, 0.29) is 0 Å². The van der Waals surface area contributed by atoms with Crippen LogP contribution in [0, 0.1) is 5.41 Å². The van der Waals surface area contributed by atoms with Gasteiger partial charge in [0.2, 0.25) is 0 Å². The minimum absolute atomic E-state index is 0.469. The first kappa shape index (κ1) is 18.5. The van der Waals surface area contributed by atoms with Gasteiger partial charge in [-0.25, -0.2) is 4.79 Å². The molecule has 0 aliphatic carbocycles. The number of ether oxygens (including phenoxy) is 1. The maximum absolute atomic E-state index is 11.7.